The largest absolute Gasteiger partial charge is 0.492 e. The van der Waals surface area contributed by atoms with Crippen molar-refractivity contribution in [2.45, 2.75) is 12.8 Å². The summed E-state index contributed by atoms with van der Waals surface area (Å²) in [6.45, 7) is 0.261. The van der Waals surface area contributed by atoms with Crippen molar-refractivity contribution in [2.75, 3.05) is 6.61 Å². The Hall–Kier alpha value is -2.02. The van der Waals surface area contributed by atoms with E-state index in [4.69, 9.17) is 27.3 Å². The molecule has 3 N–H and O–H groups in total. The van der Waals surface area contributed by atoms with E-state index in [2.05, 4.69) is 5.16 Å². The number of nitro groups is 1. The van der Waals surface area contributed by atoms with E-state index in [-0.39, 0.29) is 23.9 Å². The summed E-state index contributed by atoms with van der Waals surface area (Å²) in [5, 5.41) is 22.0. The van der Waals surface area contributed by atoms with Gasteiger partial charge in [0.2, 0.25) is 0 Å². The van der Waals surface area contributed by atoms with Crippen LogP contribution in [0.2, 0.25) is 5.02 Å². The first-order valence-corrected chi connectivity index (χ1v) is 5.45. The normalized spacial score (nSPS) is 11.3. The molecule has 0 saturated heterocycles. The fourth-order valence-corrected chi connectivity index (χ4v) is 1.37. The molecule has 0 fully saturated rings. The van der Waals surface area contributed by atoms with Crippen LogP contribution in [-0.2, 0) is 0 Å². The standard InChI is InChI=1S/C10H12ClN3O4/c11-8-4-3-7(14(16)17)6-9(8)18-5-1-2-10(12)13-15/h3-4,6,15H,1-2,5H2,(H2,12,13). The highest BCUT2D eigenvalue weighted by molar-refractivity contribution is 6.32. The lowest BCUT2D eigenvalue weighted by atomic mass is 10.3. The highest BCUT2D eigenvalue weighted by Gasteiger charge is 2.10. The van der Waals surface area contributed by atoms with Gasteiger partial charge in [0.1, 0.15) is 11.6 Å². The molecular formula is C10H12ClN3O4. The van der Waals surface area contributed by atoms with Crippen molar-refractivity contribution in [3.63, 3.8) is 0 Å². The van der Waals surface area contributed by atoms with Gasteiger partial charge in [-0.2, -0.15) is 0 Å². The molecule has 0 atom stereocenters. The smallest absolute Gasteiger partial charge is 0.273 e. The number of nitro benzene ring substituents is 1. The van der Waals surface area contributed by atoms with E-state index in [9.17, 15) is 10.1 Å². The Bertz CT molecular complexity index is 464. The molecule has 0 aliphatic heterocycles. The maximum absolute atomic E-state index is 10.6. The quantitative estimate of drug-likeness (QED) is 0.206. The third-order valence-electron chi connectivity index (χ3n) is 2.09. The number of nitrogens with zero attached hydrogens (tertiary/aromatic N) is 2. The fraction of sp³-hybridized carbons (Fsp3) is 0.300. The van der Waals surface area contributed by atoms with E-state index < -0.39 is 4.92 Å². The van der Waals surface area contributed by atoms with Gasteiger partial charge in [-0.1, -0.05) is 16.8 Å². The average Bonchev–Trinajstić information content (AvgIpc) is 2.35. The summed E-state index contributed by atoms with van der Waals surface area (Å²) in [4.78, 5) is 10.0. The summed E-state index contributed by atoms with van der Waals surface area (Å²) in [5.74, 6) is 0.342. The van der Waals surface area contributed by atoms with Gasteiger partial charge in [-0.05, 0) is 12.5 Å². The second-order valence-electron chi connectivity index (χ2n) is 3.42. The number of oxime groups is 1. The first kappa shape index (κ1) is 14.0. The summed E-state index contributed by atoms with van der Waals surface area (Å²) >= 11 is 5.83. The second kappa shape index (κ2) is 6.65. The summed E-state index contributed by atoms with van der Waals surface area (Å²) in [5.41, 5.74) is 5.18. The minimum Gasteiger partial charge on any atom is -0.492 e. The number of non-ortho nitro benzene ring substituents is 1. The molecular weight excluding hydrogens is 262 g/mol. The third kappa shape index (κ3) is 4.10. The predicted octanol–water partition coefficient (Wildman–Crippen LogP) is 2.15. The molecule has 0 radical (unpaired) electrons. The van der Waals surface area contributed by atoms with Gasteiger partial charge in [-0.15, -0.1) is 0 Å². The van der Waals surface area contributed by atoms with Crippen LogP contribution in [0.25, 0.3) is 0 Å². The van der Waals surface area contributed by atoms with Gasteiger partial charge in [0, 0.05) is 12.5 Å². The van der Waals surface area contributed by atoms with E-state index in [1.54, 1.807) is 0 Å². The van der Waals surface area contributed by atoms with Crippen molar-refractivity contribution in [3.8, 4) is 5.75 Å². The SMILES string of the molecule is N/C(CCCOc1cc([N+](=O)[O-])ccc1Cl)=N\O. The summed E-state index contributed by atoms with van der Waals surface area (Å²) < 4.78 is 5.29. The molecule has 0 amide bonds. The summed E-state index contributed by atoms with van der Waals surface area (Å²) in [7, 11) is 0. The number of nitrogens with two attached hydrogens (primary N) is 1. The van der Waals surface area contributed by atoms with Crippen LogP contribution in [0.4, 0.5) is 5.69 Å². The Morgan fingerprint density at radius 3 is 2.94 bits per heavy atom. The summed E-state index contributed by atoms with van der Waals surface area (Å²) in [6, 6.07) is 3.95. The van der Waals surface area contributed by atoms with Crippen molar-refractivity contribution in [2.24, 2.45) is 10.9 Å². The van der Waals surface area contributed by atoms with Gasteiger partial charge in [0.15, 0.2) is 0 Å². The lowest BCUT2D eigenvalue weighted by Crippen LogP contribution is -2.12. The molecule has 0 heterocycles. The second-order valence-corrected chi connectivity index (χ2v) is 3.82. The molecule has 98 valence electrons. The molecule has 0 unspecified atom stereocenters. The van der Waals surface area contributed by atoms with Crippen LogP contribution < -0.4 is 10.5 Å². The molecule has 0 aliphatic rings. The molecule has 0 bridgehead atoms. The lowest BCUT2D eigenvalue weighted by molar-refractivity contribution is -0.384. The minimum atomic E-state index is -0.528. The van der Waals surface area contributed by atoms with Gasteiger partial charge in [-0.3, -0.25) is 10.1 Å². The minimum absolute atomic E-state index is 0.0918. The third-order valence-corrected chi connectivity index (χ3v) is 2.40. The zero-order chi connectivity index (χ0) is 13.5. The van der Waals surface area contributed by atoms with E-state index in [1.165, 1.54) is 18.2 Å². The van der Waals surface area contributed by atoms with Crippen LogP contribution in [0.1, 0.15) is 12.8 Å². The number of ether oxygens (including phenoxy) is 1. The number of benzene rings is 1. The molecule has 0 spiro atoms. The molecule has 0 aromatic heterocycles. The highest BCUT2D eigenvalue weighted by Crippen LogP contribution is 2.28. The Kier molecular flexibility index (Phi) is 5.19. The Labute approximate surface area is 108 Å². The molecule has 0 aliphatic carbocycles. The molecule has 1 rings (SSSR count). The zero-order valence-corrected chi connectivity index (χ0v) is 10.1. The van der Waals surface area contributed by atoms with E-state index >= 15 is 0 Å². The van der Waals surface area contributed by atoms with E-state index in [0.29, 0.717) is 17.9 Å². The topological polar surface area (TPSA) is 111 Å². The molecule has 1 aromatic rings. The maximum Gasteiger partial charge on any atom is 0.273 e. The average molecular weight is 274 g/mol. The number of hydrogen-bond donors (Lipinski definition) is 2. The number of rotatable bonds is 6. The molecule has 18 heavy (non-hydrogen) atoms. The predicted molar refractivity (Wildman–Crippen MR) is 66.2 cm³/mol. The van der Waals surface area contributed by atoms with Crippen LogP contribution in [0.3, 0.4) is 0 Å². The van der Waals surface area contributed by atoms with Crippen LogP contribution in [0.5, 0.6) is 5.75 Å². The van der Waals surface area contributed by atoms with Gasteiger partial charge >= 0.3 is 0 Å². The number of hydrogen-bond acceptors (Lipinski definition) is 5. The highest BCUT2D eigenvalue weighted by atomic mass is 35.5. The zero-order valence-electron chi connectivity index (χ0n) is 9.38. The molecule has 1 aromatic carbocycles. The monoisotopic (exact) mass is 273 g/mol. The molecule has 8 heteroatoms. The van der Waals surface area contributed by atoms with Crippen LogP contribution in [0.15, 0.2) is 23.4 Å². The van der Waals surface area contributed by atoms with Crippen molar-refractivity contribution in [1.29, 1.82) is 0 Å². The van der Waals surface area contributed by atoms with Crippen LogP contribution >= 0.6 is 11.6 Å². The number of amidine groups is 1. The maximum atomic E-state index is 10.6. The van der Waals surface area contributed by atoms with Gasteiger partial charge in [0.25, 0.3) is 5.69 Å². The molecule has 7 nitrogen and oxygen atoms in total. The first-order chi connectivity index (χ1) is 8.54. The van der Waals surface area contributed by atoms with Crippen molar-refractivity contribution < 1.29 is 14.9 Å². The Morgan fingerprint density at radius 1 is 1.61 bits per heavy atom. The van der Waals surface area contributed by atoms with Gasteiger partial charge < -0.3 is 15.7 Å². The Balaban J connectivity index is 2.56. The molecule has 0 saturated carbocycles. The Morgan fingerprint density at radius 2 is 2.33 bits per heavy atom. The van der Waals surface area contributed by atoms with E-state index in [1.807, 2.05) is 0 Å². The van der Waals surface area contributed by atoms with Crippen molar-refractivity contribution in [3.05, 3.63) is 33.3 Å². The van der Waals surface area contributed by atoms with Gasteiger partial charge in [-0.25, -0.2) is 0 Å². The van der Waals surface area contributed by atoms with Gasteiger partial charge in [0.05, 0.1) is 22.6 Å². The number of halogens is 1. The van der Waals surface area contributed by atoms with Crippen molar-refractivity contribution in [1.82, 2.24) is 0 Å². The lowest BCUT2D eigenvalue weighted by Gasteiger charge is -2.07. The van der Waals surface area contributed by atoms with Crippen LogP contribution in [-0.4, -0.2) is 22.6 Å². The summed E-state index contributed by atoms with van der Waals surface area (Å²) in [6.07, 6.45) is 0.873. The van der Waals surface area contributed by atoms with Crippen molar-refractivity contribution >= 4 is 23.1 Å². The van der Waals surface area contributed by atoms with Crippen LogP contribution in [0, 0.1) is 10.1 Å². The van der Waals surface area contributed by atoms with E-state index in [0.717, 1.165) is 0 Å². The first-order valence-electron chi connectivity index (χ1n) is 5.07. The fourth-order valence-electron chi connectivity index (χ4n) is 1.20.